The van der Waals surface area contributed by atoms with Crippen molar-refractivity contribution in [2.45, 2.75) is 33.7 Å². The lowest BCUT2D eigenvalue weighted by Gasteiger charge is -2.27. The van der Waals surface area contributed by atoms with Crippen molar-refractivity contribution in [3.8, 4) is 0 Å². The van der Waals surface area contributed by atoms with Crippen molar-refractivity contribution in [1.82, 2.24) is 0 Å². The number of hydrogen-bond acceptors (Lipinski definition) is 10. The summed E-state index contributed by atoms with van der Waals surface area (Å²) < 4.78 is 24.7. The third-order valence-corrected chi connectivity index (χ3v) is 3.17. The second kappa shape index (κ2) is 12.8. The van der Waals surface area contributed by atoms with Gasteiger partial charge in [-0.2, -0.15) is 0 Å². The standard InChI is InChI=1S/C19H28O10/c1-12(2)16(21)27-15(6)14(5)18(23)29-19(24,28-17(22)13(3)4)11-26-10-9-25-8-7-20/h20,24H,1,3,7-11H2,2,4-6H3/b15-14+. The van der Waals surface area contributed by atoms with Crippen molar-refractivity contribution < 1.29 is 48.3 Å². The molecule has 0 fully saturated rings. The first-order chi connectivity index (χ1) is 13.4. The normalized spacial score (nSPS) is 13.6. The van der Waals surface area contributed by atoms with Crippen molar-refractivity contribution >= 4 is 17.9 Å². The van der Waals surface area contributed by atoms with Crippen LogP contribution in [0.25, 0.3) is 0 Å². The predicted octanol–water partition coefficient (Wildman–Crippen LogP) is 0.734. The Kier molecular flexibility index (Phi) is 11.7. The van der Waals surface area contributed by atoms with Gasteiger partial charge < -0.3 is 33.9 Å². The number of rotatable bonds is 13. The van der Waals surface area contributed by atoms with Crippen LogP contribution in [0.1, 0.15) is 27.7 Å². The molecule has 0 aromatic heterocycles. The Labute approximate surface area is 169 Å². The number of carbonyl (C=O) groups excluding carboxylic acids is 3. The molecule has 29 heavy (non-hydrogen) atoms. The number of esters is 3. The van der Waals surface area contributed by atoms with Gasteiger partial charge in [-0.05, 0) is 27.7 Å². The molecule has 0 amide bonds. The van der Waals surface area contributed by atoms with Crippen molar-refractivity contribution in [2.24, 2.45) is 0 Å². The summed E-state index contributed by atoms with van der Waals surface area (Å²) in [5, 5.41) is 19.0. The summed E-state index contributed by atoms with van der Waals surface area (Å²) in [5.74, 6) is -5.73. The smallest absolute Gasteiger partial charge is 0.398 e. The Bertz CT molecular complexity index is 664. The fourth-order valence-electron chi connectivity index (χ4n) is 1.47. The van der Waals surface area contributed by atoms with Crippen molar-refractivity contribution in [3.05, 3.63) is 35.6 Å². The first kappa shape index (κ1) is 26.5. The van der Waals surface area contributed by atoms with Gasteiger partial charge in [0.2, 0.25) is 0 Å². The number of ether oxygens (including phenoxy) is 5. The molecule has 0 rings (SSSR count). The number of allylic oxidation sites excluding steroid dienone is 1. The zero-order valence-corrected chi connectivity index (χ0v) is 17.1. The highest BCUT2D eigenvalue weighted by atomic mass is 16.9. The van der Waals surface area contributed by atoms with E-state index in [9.17, 15) is 19.5 Å². The summed E-state index contributed by atoms with van der Waals surface area (Å²) in [4.78, 5) is 35.6. The molecule has 164 valence electrons. The van der Waals surface area contributed by atoms with E-state index >= 15 is 0 Å². The Morgan fingerprint density at radius 3 is 1.86 bits per heavy atom. The lowest BCUT2D eigenvalue weighted by atomic mass is 10.2. The molecule has 0 saturated heterocycles. The highest BCUT2D eigenvalue weighted by Crippen LogP contribution is 2.18. The zero-order chi connectivity index (χ0) is 22.6. The summed E-state index contributed by atoms with van der Waals surface area (Å²) in [6.07, 6.45) is 0. The maximum Gasteiger partial charge on any atom is 0.398 e. The molecule has 2 N–H and O–H groups in total. The Balaban J connectivity index is 5.18. The maximum atomic E-state index is 12.3. The second-order valence-corrected chi connectivity index (χ2v) is 6.01. The molecule has 1 atom stereocenters. The average molecular weight is 416 g/mol. The van der Waals surface area contributed by atoms with E-state index in [1.54, 1.807) is 0 Å². The topological polar surface area (TPSA) is 138 Å². The van der Waals surface area contributed by atoms with E-state index in [0.717, 1.165) is 0 Å². The van der Waals surface area contributed by atoms with Gasteiger partial charge in [0.15, 0.2) is 6.61 Å². The molecule has 0 aromatic carbocycles. The van der Waals surface area contributed by atoms with E-state index in [4.69, 9.17) is 28.8 Å². The van der Waals surface area contributed by atoms with E-state index in [0.29, 0.717) is 0 Å². The minimum atomic E-state index is -2.76. The van der Waals surface area contributed by atoms with Gasteiger partial charge in [0.1, 0.15) is 5.76 Å². The minimum Gasteiger partial charge on any atom is -0.427 e. The third kappa shape index (κ3) is 10.5. The first-order valence-electron chi connectivity index (χ1n) is 8.59. The molecule has 0 aromatic rings. The third-order valence-electron chi connectivity index (χ3n) is 3.17. The van der Waals surface area contributed by atoms with Crippen LogP contribution in [0, 0.1) is 0 Å². The van der Waals surface area contributed by atoms with Crippen LogP contribution in [-0.2, 0) is 38.1 Å². The fourth-order valence-corrected chi connectivity index (χ4v) is 1.47. The highest BCUT2D eigenvalue weighted by Gasteiger charge is 2.38. The van der Waals surface area contributed by atoms with E-state index < -0.39 is 30.5 Å². The Morgan fingerprint density at radius 2 is 1.34 bits per heavy atom. The van der Waals surface area contributed by atoms with Crippen LogP contribution in [0.3, 0.4) is 0 Å². The summed E-state index contributed by atoms with van der Waals surface area (Å²) in [7, 11) is 0. The molecule has 1 unspecified atom stereocenters. The molecule has 0 heterocycles. The molecule has 0 radical (unpaired) electrons. The lowest BCUT2D eigenvalue weighted by molar-refractivity contribution is -0.338. The van der Waals surface area contributed by atoms with Gasteiger partial charge in [0.05, 0.1) is 32.0 Å². The van der Waals surface area contributed by atoms with Gasteiger partial charge in [0, 0.05) is 11.1 Å². The van der Waals surface area contributed by atoms with E-state index in [-0.39, 0.29) is 48.9 Å². The minimum absolute atomic E-state index is 0.0471. The molecule has 0 aliphatic heterocycles. The van der Waals surface area contributed by atoms with Gasteiger partial charge >= 0.3 is 23.9 Å². The quantitative estimate of drug-likeness (QED) is 0.145. The molecule has 0 bridgehead atoms. The van der Waals surface area contributed by atoms with E-state index in [2.05, 4.69) is 13.2 Å². The molecule has 10 heteroatoms. The first-order valence-corrected chi connectivity index (χ1v) is 8.59. The van der Waals surface area contributed by atoms with Gasteiger partial charge in [0.25, 0.3) is 0 Å². The van der Waals surface area contributed by atoms with Gasteiger partial charge in [-0.3, -0.25) is 0 Å². The monoisotopic (exact) mass is 416 g/mol. The van der Waals surface area contributed by atoms with Crippen LogP contribution in [0.15, 0.2) is 35.6 Å². The van der Waals surface area contributed by atoms with Gasteiger partial charge in [-0.25, -0.2) is 14.4 Å². The van der Waals surface area contributed by atoms with Crippen LogP contribution in [0.4, 0.5) is 0 Å². The maximum absolute atomic E-state index is 12.3. The molecule has 0 aliphatic rings. The van der Waals surface area contributed by atoms with Crippen LogP contribution in [-0.4, -0.2) is 67.1 Å². The zero-order valence-electron chi connectivity index (χ0n) is 17.1. The highest BCUT2D eigenvalue weighted by molar-refractivity contribution is 5.91. The second-order valence-electron chi connectivity index (χ2n) is 6.01. The molecule has 0 saturated carbocycles. The Morgan fingerprint density at radius 1 is 0.828 bits per heavy atom. The van der Waals surface area contributed by atoms with Crippen LogP contribution in [0.5, 0.6) is 0 Å². The number of carbonyl (C=O) groups is 3. The van der Waals surface area contributed by atoms with Gasteiger partial charge in [-0.1, -0.05) is 13.2 Å². The van der Waals surface area contributed by atoms with Crippen LogP contribution < -0.4 is 0 Å². The summed E-state index contributed by atoms with van der Waals surface area (Å²) in [5.41, 5.74) is -0.0884. The van der Waals surface area contributed by atoms with Crippen molar-refractivity contribution in [3.63, 3.8) is 0 Å². The van der Waals surface area contributed by atoms with Crippen LogP contribution >= 0.6 is 0 Å². The molecule has 10 nitrogen and oxygen atoms in total. The molecule has 0 aliphatic carbocycles. The number of hydrogen-bond donors (Lipinski definition) is 2. The van der Waals surface area contributed by atoms with Crippen molar-refractivity contribution in [1.29, 1.82) is 0 Å². The summed E-state index contributed by atoms with van der Waals surface area (Å²) >= 11 is 0. The van der Waals surface area contributed by atoms with Gasteiger partial charge in [-0.15, -0.1) is 0 Å². The van der Waals surface area contributed by atoms with Crippen molar-refractivity contribution in [2.75, 3.05) is 33.0 Å². The summed E-state index contributed by atoms with van der Waals surface area (Å²) in [6, 6.07) is 0. The van der Waals surface area contributed by atoms with E-state index in [1.807, 2.05) is 0 Å². The SMILES string of the molecule is C=C(C)C(=O)O/C(C)=C(\C)C(=O)OC(O)(COCCOCCO)OC(=O)C(=C)C. The number of aliphatic hydroxyl groups is 2. The van der Waals surface area contributed by atoms with E-state index in [1.165, 1.54) is 27.7 Å². The Hall–Kier alpha value is -2.53. The average Bonchev–Trinajstić information content (AvgIpc) is 2.63. The fraction of sp³-hybridized carbons (Fsp3) is 0.526. The molecular weight excluding hydrogens is 388 g/mol. The lowest BCUT2D eigenvalue weighted by Crippen LogP contribution is -2.45. The largest absolute Gasteiger partial charge is 0.427 e. The molecular formula is C19H28O10. The number of aliphatic hydroxyl groups excluding tert-OH is 1. The summed E-state index contributed by atoms with van der Waals surface area (Å²) in [6.45, 7) is 11.4. The molecule has 0 spiro atoms. The van der Waals surface area contributed by atoms with Crippen LogP contribution in [0.2, 0.25) is 0 Å². The predicted molar refractivity (Wildman–Crippen MR) is 100.0 cm³/mol.